The molecule has 0 aliphatic heterocycles. The summed E-state index contributed by atoms with van der Waals surface area (Å²) in [5, 5.41) is 12.8. The lowest BCUT2D eigenvalue weighted by molar-refractivity contribution is -0.120. The second-order valence-corrected chi connectivity index (χ2v) is 4.49. The van der Waals surface area contributed by atoms with Crippen LogP contribution in [0.4, 0.5) is 5.69 Å². The smallest absolute Gasteiger partial charge is 0.221 e. The van der Waals surface area contributed by atoms with Gasteiger partial charge >= 0.3 is 0 Å². The molecule has 2 rings (SSSR count). The Morgan fingerprint density at radius 1 is 1.45 bits per heavy atom. The molecule has 20 heavy (non-hydrogen) atoms. The molecule has 5 nitrogen and oxygen atoms in total. The number of nitrogens with zero attached hydrogens (tertiary/aromatic N) is 3. The van der Waals surface area contributed by atoms with Crippen LogP contribution in [0.15, 0.2) is 30.5 Å². The minimum absolute atomic E-state index is 0.0197. The van der Waals surface area contributed by atoms with E-state index in [0.717, 1.165) is 16.6 Å². The third-order valence-electron chi connectivity index (χ3n) is 3.20. The van der Waals surface area contributed by atoms with E-state index in [1.165, 1.54) is 0 Å². The molecule has 0 aliphatic rings. The zero-order valence-corrected chi connectivity index (χ0v) is 11.6. The molecule has 0 unspecified atom stereocenters. The summed E-state index contributed by atoms with van der Waals surface area (Å²) in [6, 6.07) is 9.84. The van der Waals surface area contributed by atoms with Gasteiger partial charge in [-0.05, 0) is 6.07 Å². The molecule has 1 aromatic carbocycles. The van der Waals surface area contributed by atoms with Gasteiger partial charge in [-0.15, -0.1) is 0 Å². The van der Waals surface area contributed by atoms with E-state index in [1.807, 2.05) is 36.2 Å². The fourth-order valence-corrected chi connectivity index (χ4v) is 2.13. The van der Waals surface area contributed by atoms with Crippen molar-refractivity contribution in [2.45, 2.75) is 6.42 Å². The van der Waals surface area contributed by atoms with Crippen molar-refractivity contribution < 1.29 is 4.79 Å². The van der Waals surface area contributed by atoms with Crippen LogP contribution in [-0.4, -0.2) is 31.5 Å². The van der Waals surface area contributed by atoms with Gasteiger partial charge in [0.1, 0.15) is 6.07 Å². The van der Waals surface area contributed by atoms with Crippen LogP contribution in [0.1, 0.15) is 12.0 Å². The van der Waals surface area contributed by atoms with Gasteiger partial charge < -0.3 is 10.2 Å². The van der Waals surface area contributed by atoms with Crippen molar-refractivity contribution in [1.82, 2.24) is 10.3 Å². The molecule has 1 heterocycles. The van der Waals surface area contributed by atoms with Gasteiger partial charge in [-0.25, -0.2) is 0 Å². The van der Waals surface area contributed by atoms with E-state index in [9.17, 15) is 10.1 Å². The molecule has 2 aromatic rings. The average Bonchev–Trinajstić information content (AvgIpc) is 2.50. The van der Waals surface area contributed by atoms with Crippen molar-refractivity contribution in [2.24, 2.45) is 0 Å². The number of hydrogen-bond donors (Lipinski definition) is 1. The standard InChI is InChI=1S/C15H16N4O/c1-17-14(20)7-8-19(2)15-11(9-16)10-18-13-6-4-3-5-12(13)15/h3-6,10H,7-8H2,1-2H3,(H,17,20). The Morgan fingerprint density at radius 2 is 2.20 bits per heavy atom. The SMILES string of the molecule is CNC(=O)CCN(C)c1c(C#N)cnc2ccccc12. The first-order valence-electron chi connectivity index (χ1n) is 6.37. The van der Waals surface area contributed by atoms with Gasteiger partial charge in [0.05, 0.1) is 16.8 Å². The molecule has 1 amide bonds. The third kappa shape index (κ3) is 2.69. The normalized spacial score (nSPS) is 10.1. The number of para-hydroxylation sites is 1. The summed E-state index contributed by atoms with van der Waals surface area (Å²) in [5.41, 5.74) is 2.18. The van der Waals surface area contributed by atoms with E-state index >= 15 is 0 Å². The number of fused-ring (bicyclic) bond motifs is 1. The average molecular weight is 268 g/mol. The van der Waals surface area contributed by atoms with Gasteiger partial charge in [0.25, 0.3) is 0 Å². The predicted molar refractivity (Wildman–Crippen MR) is 78.4 cm³/mol. The monoisotopic (exact) mass is 268 g/mol. The number of pyridine rings is 1. The largest absolute Gasteiger partial charge is 0.372 e. The number of nitriles is 1. The molecular weight excluding hydrogens is 252 g/mol. The van der Waals surface area contributed by atoms with Crippen LogP contribution in [0.3, 0.4) is 0 Å². The Labute approximate surface area is 117 Å². The number of rotatable bonds is 4. The van der Waals surface area contributed by atoms with E-state index in [0.29, 0.717) is 18.5 Å². The van der Waals surface area contributed by atoms with E-state index in [-0.39, 0.29) is 5.91 Å². The summed E-state index contributed by atoms with van der Waals surface area (Å²) in [6.45, 7) is 0.544. The van der Waals surface area contributed by atoms with E-state index in [2.05, 4.69) is 16.4 Å². The van der Waals surface area contributed by atoms with Crippen LogP contribution in [-0.2, 0) is 4.79 Å². The number of aromatic nitrogens is 1. The predicted octanol–water partition coefficient (Wildman–Crippen LogP) is 1.68. The van der Waals surface area contributed by atoms with Gasteiger partial charge in [-0.1, -0.05) is 18.2 Å². The summed E-state index contributed by atoms with van der Waals surface area (Å²) in [5.74, 6) is -0.0197. The summed E-state index contributed by atoms with van der Waals surface area (Å²) < 4.78 is 0. The first-order chi connectivity index (χ1) is 9.67. The molecule has 0 fully saturated rings. The van der Waals surface area contributed by atoms with Crippen molar-refractivity contribution in [2.75, 3.05) is 25.5 Å². The molecule has 0 saturated heterocycles. The Morgan fingerprint density at radius 3 is 2.90 bits per heavy atom. The number of nitrogens with one attached hydrogen (secondary N) is 1. The Kier molecular flexibility index (Phi) is 4.16. The minimum atomic E-state index is -0.0197. The highest BCUT2D eigenvalue weighted by Crippen LogP contribution is 2.28. The summed E-state index contributed by atoms with van der Waals surface area (Å²) in [4.78, 5) is 17.6. The van der Waals surface area contributed by atoms with Crippen molar-refractivity contribution >= 4 is 22.5 Å². The van der Waals surface area contributed by atoms with Gasteiger partial charge in [-0.2, -0.15) is 5.26 Å². The second-order valence-electron chi connectivity index (χ2n) is 4.49. The second kappa shape index (κ2) is 6.02. The number of anilines is 1. The molecular formula is C15H16N4O. The highest BCUT2D eigenvalue weighted by atomic mass is 16.1. The lowest BCUT2D eigenvalue weighted by atomic mass is 10.1. The molecule has 0 aliphatic carbocycles. The molecule has 0 saturated carbocycles. The van der Waals surface area contributed by atoms with Crippen LogP contribution in [0, 0.1) is 11.3 Å². The zero-order valence-electron chi connectivity index (χ0n) is 11.6. The maximum absolute atomic E-state index is 11.4. The van der Waals surface area contributed by atoms with Gasteiger partial charge in [0, 0.05) is 38.6 Å². The van der Waals surface area contributed by atoms with Gasteiger partial charge in [-0.3, -0.25) is 9.78 Å². The molecule has 0 spiro atoms. The Balaban J connectivity index is 2.41. The van der Waals surface area contributed by atoms with Crippen LogP contribution in [0.2, 0.25) is 0 Å². The lowest BCUT2D eigenvalue weighted by Gasteiger charge is -2.21. The van der Waals surface area contributed by atoms with Crippen LogP contribution >= 0.6 is 0 Å². The number of benzene rings is 1. The maximum atomic E-state index is 11.4. The molecule has 1 N–H and O–H groups in total. The summed E-state index contributed by atoms with van der Waals surface area (Å²) >= 11 is 0. The molecule has 0 bridgehead atoms. The highest BCUT2D eigenvalue weighted by Gasteiger charge is 2.13. The van der Waals surface area contributed by atoms with Crippen molar-refractivity contribution in [3.05, 3.63) is 36.0 Å². The molecule has 102 valence electrons. The Bertz CT molecular complexity index is 675. The van der Waals surface area contributed by atoms with E-state index < -0.39 is 0 Å². The van der Waals surface area contributed by atoms with E-state index in [1.54, 1.807) is 13.2 Å². The Hall–Kier alpha value is -2.61. The zero-order chi connectivity index (χ0) is 14.5. The van der Waals surface area contributed by atoms with E-state index in [4.69, 9.17) is 0 Å². The van der Waals surface area contributed by atoms with Crippen molar-refractivity contribution in [1.29, 1.82) is 5.26 Å². The number of carbonyl (C=O) groups excluding carboxylic acids is 1. The van der Waals surface area contributed by atoms with Crippen LogP contribution in [0.25, 0.3) is 10.9 Å². The topological polar surface area (TPSA) is 69.0 Å². The fraction of sp³-hybridized carbons (Fsp3) is 0.267. The number of carbonyl (C=O) groups is 1. The number of amides is 1. The summed E-state index contributed by atoms with van der Waals surface area (Å²) in [7, 11) is 3.50. The highest BCUT2D eigenvalue weighted by molar-refractivity contribution is 5.94. The fourth-order valence-electron chi connectivity index (χ4n) is 2.13. The van der Waals surface area contributed by atoms with Crippen LogP contribution < -0.4 is 10.2 Å². The van der Waals surface area contributed by atoms with Crippen molar-refractivity contribution in [3.63, 3.8) is 0 Å². The quantitative estimate of drug-likeness (QED) is 0.916. The third-order valence-corrected chi connectivity index (χ3v) is 3.20. The number of hydrogen-bond acceptors (Lipinski definition) is 4. The van der Waals surface area contributed by atoms with Crippen molar-refractivity contribution in [3.8, 4) is 6.07 Å². The maximum Gasteiger partial charge on any atom is 0.221 e. The first-order valence-corrected chi connectivity index (χ1v) is 6.37. The van der Waals surface area contributed by atoms with Gasteiger partial charge in [0.15, 0.2) is 0 Å². The molecule has 0 radical (unpaired) electrons. The molecule has 5 heteroatoms. The minimum Gasteiger partial charge on any atom is -0.372 e. The lowest BCUT2D eigenvalue weighted by Crippen LogP contribution is -2.27. The summed E-state index contributed by atoms with van der Waals surface area (Å²) in [6.07, 6.45) is 1.96. The van der Waals surface area contributed by atoms with Crippen LogP contribution in [0.5, 0.6) is 0 Å². The van der Waals surface area contributed by atoms with Gasteiger partial charge in [0.2, 0.25) is 5.91 Å². The first kappa shape index (κ1) is 13.8. The molecule has 0 atom stereocenters. The molecule has 1 aromatic heterocycles.